The van der Waals surface area contributed by atoms with Gasteiger partial charge in [0.15, 0.2) is 0 Å². The highest BCUT2D eigenvalue weighted by Gasteiger charge is 2.26. The molecule has 2 aromatic rings. The van der Waals surface area contributed by atoms with E-state index < -0.39 is 5.54 Å². The number of fused-ring (bicyclic) bond motifs is 1. The van der Waals surface area contributed by atoms with E-state index in [1.165, 1.54) is 12.5 Å². The maximum absolute atomic E-state index is 12.5. The van der Waals surface area contributed by atoms with Crippen molar-refractivity contribution in [3.05, 3.63) is 23.8 Å². The Bertz CT molecular complexity index is 639. The zero-order valence-electron chi connectivity index (χ0n) is 12.6. The molecule has 1 unspecified atom stereocenters. The first-order valence-corrected chi connectivity index (χ1v) is 7.15. The monoisotopic (exact) mass is 291 g/mol. The molecule has 0 fully saturated rings. The van der Waals surface area contributed by atoms with Crippen LogP contribution in [0.4, 0.5) is 0 Å². The van der Waals surface area contributed by atoms with Gasteiger partial charge in [0.05, 0.1) is 11.3 Å². The van der Waals surface area contributed by atoms with Crippen molar-refractivity contribution >= 4 is 11.7 Å². The number of nitrogens with zero attached hydrogens (tertiary/aromatic N) is 4. The fourth-order valence-electron chi connectivity index (χ4n) is 2.27. The third-order valence-electron chi connectivity index (χ3n) is 3.84. The minimum Gasteiger partial charge on any atom is -0.396 e. The zero-order chi connectivity index (χ0) is 15.5. The summed E-state index contributed by atoms with van der Waals surface area (Å²) >= 11 is 0. The fraction of sp³-hybridized carbons (Fsp3) is 0.571. The van der Waals surface area contributed by atoms with E-state index in [0.29, 0.717) is 24.2 Å². The molecule has 0 aromatic carbocycles. The largest absolute Gasteiger partial charge is 0.396 e. The number of hydrogen-bond acceptors (Lipinski definition) is 5. The van der Waals surface area contributed by atoms with Crippen LogP contribution in [0.1, 0.15) is 49.7 Å². The predicted octanol–water partition coefficient (Wildman–Crippen LogP) is 0.968. The van der Waals surface area contributed by atoms with Gasteiger partial charge in [0.25, 0.3) is 11.7 Å². The second kappa shape index (κ2) is 6.17. The van der Waals surface area contributed by atoms with Crippen LogP contribution in [0.2, 0.25) is 0 Å². The summed E-state index contributed by atoms with van der Waals surface area (Å²) in [7, 11) is 0. The summed E-state index contributed by atoms with van der Waals surface area (Å²) in [6.45, 7) is 5.90. The number of nitrogens with one attached hydrogen (secondary N) is 1. The topological polar surface area (TPSA) is 92.4 Å². The van der Waals surface area contributed by atoms with Crippen molar-refractivity contribution < 1.29 is 9.90 Å². The summed E-state index contributed by atoms with van der Waals surface area (Å²) in [6.07, 6.45) is 4.85. The van der Waals surface area contributed by atoms with Gasteiger partial charge in [-0.15, -0.1) is 0 Å². The summed E-state index contributed by atoms with van der Waals surface area (Å²) in [4.78, 5) is 20.7. The highest BCUT2D eigenvalue weighted by molar-refractivity contribution is 5.95. The SMILES string of the molecule is CCc1c(C(=O)NC(C)(CC)CCO)cnc2ncnn12. The highest BCUT2D eigenvalue weighted by atomic mass is 16.3. The van der Waals surface area contributed by atoms with Crippen LogP contribution >= 0.6 is 0 Å². The second-order valence-corrected chi connectivity index (χ2v) is 5.29. The third-order valence-corrected chi connectivity index (χ3v) is 3.84. The van der Waals surface area contributed by atoms with Crippen LogP contribution < -0.4 is 5.32 Å². The quantitative estimate of drug-likeness (QED) is 0.827. The van der Waals surface area contributed by atoms with Crippen LogP contribution in [0.3, 0.4) is 0 Å². The van der Waals surface area contributed by atoms with Gasteiger partial charge in [0.1, 0.15) is 6.33 Å². The summed E-state index contributed by atoms with van der Waals surface area (Å²) in [6, 6.07) is 0. The summed E-state index contributed by atoms with van der Waals surface area (Å²) in [5.74, 6) is 0.284. The first-order chi connectivity index (χ1) is 10.0. The van der Waals surface area contributed by atoms with Crippen molar-refractivity contribution in [1.82, 2.24) is 24.9 Å². The first-order valence-electron chi connectivity index (χ1n) is 7.15. The molecule has 2 aromatic heterocycles. The zero-order valence-corrected chi connectivity index (χ0v) is 12.6. The Labute approximate surface area is 123 Å². The smallest absolute Gasteiger partial charge is 0.255 e. The molecular weight excluding hydrogens is 270 g/mol. The van der Waals surface area contributed by atoms with E-state index in [0.717, 1.165) is 12.1 Å². The second-order valence-electron chi connectivity index (χ2n) is 5.29. The van der Waals surface area contributed by atoms with E-state index in [4.69, 9.17) is 5.11 Å². The van der Waals surface area contributed by atoms with Crippen molar-refractivity contribution in [3.63, 3.8) is 0 Å². The molecule has 0 saturated carbocycles. The molecule has 7 nitrogen and oxygen atoms in total. The Morgan fingerprint density at radius 2 is 2.19 bits per heavy atom. The maximum atomic E-state index is 12.5. The van der Waals surface area contributed by atoms with Crippen LogP contribution in [-0.4, -0.2) is 42.7 Å². The van der Waals surface area contributed by atoms with Gasteiger partial charge in [-0.05, 0) is 26.2 Å². The van der Waals surface area contributed by atoms with Crippen LogP contribution in [0, 0.1) is 0 Å². The minimum absolute atomic E-state index is 0.0333. The third kappa shape index (κ3) is 3.02. The molecule has 0 spiro atoms. The minimum atomic E-state index is -0.436. The molecule has 0 aliphatic carbocycles. The highest BCUT2D eigenvalue weighted by Crippen LogP contribution is 2.16. The van der Waals surface area contributed by atoms with E-state index in [2.05, 4.69) is 20.4 Å². The lowest BCUT2D eigenvalue weighted by Crippen LogP contribution is -2.46. The van der Waals surface area contributed by atoms with Crippen molar-refractivity contribution in [2.45, 2.75) is 45.6 Å². The molecule has 2 N–H and O–H groups in total. The number of rotatable bonds is 6. The molecule has 2 heterocycles. The molecule has 0 saturated heterocycles. The molecule has 0 bridgehead atoms. The molecule has 1 amide bonds. The summed E-state index contributed by atoms with van der Waals surface area (Å²) in [5.41, 5.74) is 0.833. The van der Waals surface area contributed by atoms with Crippen LogP contribution in [-0.2, 0) is 6.42 Å². The van der Waals surface area contributed by atoms with Gasteiger partial charge in [-0.3, -0.25) is 4.79 Å². The van der Waals surface area contributed by atoms with Gasteiger partial charge in [0.2, 0.25) is 0 Å². The van der Waals surface area contributed by atoms with Gasteiger partial charge in [0, 0.05) is 18.3 Å². The first kappa shape index (κ1) is 15.4. The summed E-state index contributed by atoms with van der Waals surface area (Å²) < 4.78 is 1.59. The lowest BCUT2D eigenvalue weighted by Gasteiger charge is -2.29. The van der Waals surface area contributed by atoms with Crippen molar-refractivity contribution in [2.24, 2.45) is 0 Å². The predicted molar refractivity (Wildman–Crippen MR) is 78.0 cm³/mol. The van der Waals surface area contributed by atoms with E-state index >= 15 is 0 Å². The molecule has 0 radical (unpaired) electrons. The molecular formula is C14H21N5O2. The van der Waals surface area contributed by atoms with E-state index in [1.54, 1.807) is 4.52 Å². The van der Waals surface area contributed by atoms with Crippen molar-refractivity contribution in [1.29, 1.82) is 0 Å². The summed E-state index contributed by atoms with van der Waals surface area (Å²) in [5, 5.41) is 16.2. The number of aliphatic hydroxyl groups excluding tert-OH is 1. The standard InChI is InChI=1S/C14H21N5O2/c1-4-11-10(8-15-13-16-9-17-19(11)13)12(21)18-14(3,5-2)6-7-20/h8-9,20H,4-7H2,1-3H3,(H,18,21). The lowest BCUT2D eigenvalue weighted by molar-refractivity contribution is 0.0884. The van der Waals surface area contributed by atoms with Gasteiger partial charge in [-0.1, -0.05) is 13.8 Å². The molecule has 0 aliphatic rings. The molecule has 21 heavy (non-hydrogen) atoms. The number of carbonyl (C=O) groups excluding carboxylic acids is 1. The van der Waals surface area contributed by atoms with Crippen LogP contribution in [0.25, 0.3) is 5.78 Å². The number of hydrogen-bond donors (Lipinski definition) is 2. The molecule has 2 rings (SSSR count). The Hall–Kier alpha value is -2.02. The number of carbonyl (C=O) groups is 1. The fourth-order valence-corrected chi connectivity index (χ4v) is 2.27. The molecule has 114 valence electrons. The Morgan fingerprint density at radius 1 is 1.43 bits per heavy atom. The van der Waals surface area contributed by atoms with E-state index in [9.17, 15) is 4.79 Å². The van der Waals surface area contributed by atoms with Crippen molar-refractivity contribution in [2.75, 3.05) is 6.61 Å². The van der Waals surface area contributed by atoms with E-state index in [-0.39, 0.29) is 12.5 Å². The maximum Gasteiger partial charge on any atom is 0.255 e. The number of aliphatic hydroxyl groups is 1. The van der Waals surface area contributed by atoms with Crippen LogP contribution in [0.5, 0.6) is 0 Å². The average molecular weight is 291 g/mol. The average Bonchev–Trinajstić information content (AvgIpc) is 2.94. The Balaban J connectivity index is 2.34. The molecule has 1 atom stereocenters. The van der Waals surface area contributed by atoms with Gasteiger partial charge in [-0.2, -0.15) is 10.1 Å². The van der Waals surface area contributed by atoms with Crippen LogP contribution in [0.15, 0.2) is 12.5 Å². The lowest BCUT2D eigenvalue weighted by atomic mass is 9.94. The Kier molecular flexibility index (Phi) is 4.52. The number of aryl methyl sites for hydroxylation is 1. The van der Waals surface area contributed by atoms with Gasteiger partial charge < -0.3 is 10.4 Å². The molecule has 0 aliphatic heterocycles. The molecule has 7 heteroatoms. The number of aromatic nitrogens is 4. The Morgan fingerprint density at radius 3 is 2.81 bits per heavy atom. The van der Waals surface area contributed by atoms with E-state index in [1.807, 2.05) is 20.8 Å². The van der Waals surface area contributed by atoms with Gasteiger partial charge >= 0.3 is 0 Å². The number of amides is 1. The normalized spacial score (nSPS) is 14.1. The van der Waals surface area contributed by atoms with Gasteiger partial charge in [-0.25, -0.2) is 9.50 Å². The van der Waals surface area contributed by atoms with Crippen molar-refractivity contribution in [3.8, 4) is 0 Å².